The van der Waals surface area contributed by atoms with Gasteiger partial charge >= 0.3 is 0 Å². The minimum atomic E-state index is 0.163. The van der Waals surface area contributed by atoms with Gasteiger partial charge in [0.1, 0.15) is 0 Å². The molecule has 1 heterocycles. The third kappa shape index (κ3) is 3.98. The smallest absolute Gasteiger partial charge is 0.223 e. The zero-order valence-corrected chi connectivity index (χ0v) is 13.3. The maximum Gasteiger partial charge on any atom is 0.223 e. The van der Waals surface area contributed by atoms with Crippen molar-refractivity contribution in [2.24, 2.45) is 5.92 Å². The number of hydrogen-bond donors (Lipinski definition) is 1. The minimum Gasteiger partial charge on any atom is -0.352 e. The number of allylic oxidation sites excluding steroid dienone is 2. The van der Waals surface area contributed by atoms with Crippen LogP contribution in [-0.4, -0.2) is 23.9 Å². The zero-order valence-electron chi connectivity index (χ0n) is 13.3. The first-order valence-electron chi connectivity index (χ1n) is 8.55. The van der Waals surface area contributed by atoms with Crippen molar-refractivity contribution in [1.29, 1.82) is 0 Å². The van der Waals surface area contributed by atoms with Crippen LogP contribution in [0.15, 0.2) is 36.4 Å². The minimum absolute atomic E-state index is 0.163. The Kier molecular flexibility index (Phi) is 5.28. The molecule has 1 aliphatic heterocycles. The molecule has 2 aliphatic rings. The second-order valence-electron chi connectivity index (χ2n) is 6.45. The van der Waals surface area contributed by atoms with Gasteiger partial charge in [0.2, 0.25) is 5.91 Å². The fraction of sp³-hybridized carbons (Fsp3) is 0.526. The summed E-state index contributed by atoms with van der Waals surface area (Å²) in [6, 6.07) is 8.51. The van der Waals surface area contributed by atoms with Crippen molar-refractivity contribution < 1.29 is 4.79 Å². The molecule has 1 saturated heterocycles. The lowest BCUT2D eigenvalue weighted by Gasteiger charge is -2.20. The second kappa shape index (κ2) is 7.59. The molecule has 0 spiro atoms. The third-order valence-electron chi connectivity index (χ3n) is 4.80. The van der Waals surface area contributed by atoms with Crippen molar-refractivity contribution in [3.63, 3.8) is 0 Å². The summed E-state index contributed by atoms with van der Waals surface area (Å²) in [5.74, 6) is 0.371. The molecular weight excluding hydrogens is 272 g/mol. The van der Waals surface area contributed by atoms with Gasteiger partial charge in [0.15, 0.2) is 0 Å². The summed E-state index contributed by atoms with van der Waals surface area (Å²) in [4.78, 5) is 14.8. The number of benzene rings is 1. The highest BCUT2D eigenvalue weighted by molar-refractivity contribution is 5.79. The number of likely N-dealkylation sites (tertiary alicyclic amines) is 1. The van der Waals surface area contributed by atoms with E-state index < -0.39 is 0 Å². The van der Waals surface area contributed by atoms with Gasteiger partial charge in [0.05, 0.1) is 0 Å². The highest BCUT2D eigenvalue weighted by Crippen LogP contribution is 2.19. The summed E-state index contributed by atoms with van der Waals surface area (Å²) in [6.45, 7) is 4.07. The van der Waals surface area contributed by atoms with Gasteiger partial charge in [0.25, 0.3) is 0 Å². The Labute approximate surface area is 133 Å². The zero-order chi connectivity index (χ0) is 15.2. The van der Waals surface area contributed by atoms with Crippen LogP contribution in [0.3, 0.4) is 0 Å². The number of carbonyl (C=O) groups excluding carboxylic acids is 1. The van der Waals surface area contributed by atoms with Crippen molar-refractivity contribution in [1.82, 2.24) is 10.2 Å². The molecule has 1 amide bonds. The monoisotopic (exact) mass is 298 g/mol. The van der Waals surface area contributed by atoms with Crippen molar-refractivity contribution in [3.05, 3.63) is 47.5 Å². The lowest BCUT2D eigenvalue weighted by Crippen LogP contribution is -2.31. The van der Waals surface area contributed by atoms with E-state index in [1.54, 1.807) is 0 Å². The highest BCUT2D eigenvalue weighted by atomic mass is 16.1. The van der Waals surface area contributed by atoms with E-state index in [4.69, 9.17) is 0 Å². The van der Waals surface area contributed by atoms with Gasteiger partial charge in [-0.05, 0) is 56.3 Å². The lowest BCUT2D eigenvalue weighted by molar-refractivity contribution is -0.125. The van der Waals surface area contributed by atoms with E-state index >= 15 is 0 Å². The molecule has 1 aliphatic carbocycles. The number of hydrogen-bond acceptors (Lipinski definition) is 2. The molecular formula is C19H26N2O. The Balaban J connectivity index is 1.57. The molecule has 1 N–H and O–H groups in total. The van der Waals surface area contributed by atoms with Crippen LogP contribution < -0.4 is 5.32 Å². The molecule has 0 saturated carbocycles. The second-order valence-corrected chi connectivity index (χ2v) is 6.45. The van der Waals surface area contributed by atoms with Gasteiger partial charge in [-0.25, -0.2) is 0 Å². The van der Waals surface area contributed by atoms with E-state index in [0.717, 1.165) is 25.8 Å². The molecule has 3 rings (SSSR count). The SMILES string of the molecule is O=C(NCc1ccccc1CN1CCCC1)C1CC=CCC1. The maximum atomic E-state index is 12.3. The summed E-state index contributed by atoms with van der Waals surface area (Å²) in [5.41, 5.74) is 2.61. The summed E-state index contributed by atoms with van der Waals surface area (Å²) >= 11 is 0. The van der Waals surface area contributed by atoms with Gasteiger partial charge < -0.3 is 5.32 Å². The predicted molar refractivity (Wildman–Crippen MR) is 89.3 cm³/mol. The number of nitrogens with one attached hydrogen (secondary N) is 1. The van der Waals surface area contributed by atoms with Crippen molar-refractivity contribution in [2.45, 2.75) is 45.2 Å². The van der Waals surface area contributed by atoms with E-state index in [2.05, 4.69) is 46.6 Å². The number of nitrogens with zero attached hydrogens (tertiary/aromatic N) is 1. The van der Waals surface area contributed by atoms with Gasteiger partial charge in [0, 0.05) is 19.0 Å². The van der Waals surface area contributed by atoms with Crippen molar-refractivity contribution in [3.8, 4) is 0 Å². The molecule has 3 nitrogen and oxygen atoms in total. The topological polar surface area (TPSA) is 32.3 Å². The number of amides is 1. The van der Waals surface area contributed by atoms with Crippen LogP contribution in [0, 0.1) is 5.92 Å². The Hall–Kier alpha value is -1.61. The van der Waals surface area contributed by atoms with Crippen molar-refractivity contribution in [2.75, 3.05) is 13.1 Å². The van der Waals surface area contributed by atoms with Gasteiger partial charge in [-0.1, -0.05) is 36.4 Å². The first kappa shape index (κ1) is 15.3. The molecule has 22 heavy (non-hydrogen) atoms. The van der Waals surface area contributed by atoms with E-state index in [1.807, 2.05) is 0 Å². The average Bonchev–Trinajstić information content (AvgIpc) is 3.07. The van der Waals surface area contributed by atoms with Crippen LogP contribution in [0.4, 0.5) is 0 Å². The van der Waals surface area contributed by atoms with Crippen molar-refractivity contribution >= 4 is 5.91 Å². The van der Waals surface area contributed by atoms with Crippen LogP contribution in [0.2, 0.25) is 0 Å². The molecule has 118 valence electrons. The number of carbonyl (C=O) groups is 1. The van der Waals surface area contributed by atoms with Crippen LogP contribution in [-0.2, 0) is 17.9 Å². The molecule has 1 atom stereocenters. The summed E-state index contributed by atoms with van der Waals surface area (Å²) in [5, 5.41) is 3.14. The van der Waals surface area contributed by atoms with Gasteiger partial charge in [-0.3, -0.25) is 9.69 Å². The standard InChI is InChI=1S/C19H26N2O/c22-19(16-8-2-1-3-9-16)20-14-17-10-4-5-11-18(17)15-21-12-6-7-13-21/h1-2,4-5,10-11,16H,3,6-9,12-15H2,(H,20,22). The largest absolute Gasteiger partial charge is 0.352 e. The van der Waals surface area contributed by atoms with E-state index in [0.29, 0.717) is 6.54 Å². The number of rotatable bonds is 5. The van der Waals surface area contributed by atoms with Gasteiger partial charge in [-0.15, -0.1) is 0 Å². The average molecular weight is 298 g/mol. The third-order valence-corrected chi connectivity index (χ3v) is 4.80. The molecule has 1 aromatic rings. The van der Waals surface area contributed by atoms with E-state index in [9.17, 15) is 4.79 Å². The van der Waals surface area contributed by atoms with E-state index in [-0.39, 0.29) is 11.8 Å². The fourth-order valence-corrected chi connectivity index (χ4v) is 3.42. The molecule has 3 heteroatoms. The predicted octanol–water partition coefficient (Wildman–Crippen LogP) is 3.25. The quantitative estimate of drug-likeness (QED) is 0.846. The highest BCUT2D eigenvalue weighted by Gasteiger charge is 2.19. The molecule has 0 radical (unpaired) electrons. The maximum absolute atomic E-state index is 12.3. The summed E-state index contributed by atoms with van der Waals surface area (Å²) in [7, 11) is 0. The normalized spacial score (nSPS) is 21.9. The molecule has 0 bridgehead atoms. The van der Waals surface area contributed by atoms with Crippen LogP contribution >= 0.6 is 0 Å². The molecule has 1 unspecified atom stereocenters. The van der Waals surface area contributed by atoms with Crippen LogP contribution in [0.1, 0.15) is 43.2 Å². The molecule has 1 fully saturated rings. The Bertz CT molecular complexity index is 532. The Morgan fingerprint density at radius 3 is 2.64 bits per heavy atom. The fourth-order valence-electron chi connectivity index (χ4n) is 3.42. The molecule has 0 aromatic heterocycles. The van der Waals surface area contributed by atoms with E-state index in [1.165, 1.54) is 37.1 Å². The first-order valence-corrected chi connectivity index (χ1v) is 8.55. The first-order chi connectivity index (χ1) is 10.8. The summed E-state index contributed by atoms with van der Waals surface area (Å²) in [6.07, 6.45) is 9.84. The molecule has 1 aromatic carbocycles. The summed E-state index contributed by atoms with van der Waals surface area (Å²) < 4.78 is 0. The Morgan fingerprint density at radius 2 is 1.91 bits per heavy atom. The lowest BCUT2D eigenvalue weighted by atomic mass is 9.93. The van der Waals surface area contributed by atoms with Crippen LogP contribution in [0.5, 0.6) is 0 Å². The Morgan fingerprint density at radius 1 is 1.14 bits per heavy atom. The van der Waals surface area contributed by atoms with Gasteiger partial charge in [-0.2, -0.15) is 0 Å². The van der Waals surface area contributed by atoms with Crippen LogP contribution in [0.25, 0.3) is 0 Å².